The largest absolute Gasteiger partial charge is 0.317 e. The second-order valence-electron chi connectivity index (χ2n) is 3.64. The molecule has 0 aromatic carbocycles. The number of nitriles is 1. The number of pyridine rings is 1. The Balaban J connectivity index is 0.00000112. The van der Waals surface area contributed by atoms with Gasteiger partial charge in [-0.3, -0.25) is 4.98 Å². The first-order chi connectivity index (χ1) is 6.90. The molecule has 0 aliphatic carbocycles. The summed E-state index contributed by atoms with van der Waals surface area (Å²) >= 11 is 0. The van der Waals surface area contributed by atoms with E-state index in [1.807, 2.05) is 12.3 Å². The summed E-state index contributed by atoms with van der Waals surface area (Å²) in [4.78, 5) is 4.09. The zero-order chi connectivity index (χ0) is 9.80. The Kier molecular flexibility index (Phi) is 7.07. The molecule has 0 amide bonds. The van der Waals surface area contributed by atoms with Gasteiger partial charge < -0.3 is 5.32 Å². The van der Waals surface area contributed by atoms with Crippen molar-refractivity contribution in [1.29, 1.82) is 5.26 Å². The van der Waals surface area contributed by atoms with E-state index in [0.717, 1.165) is 25.9 Å². The maximum atomic E-state index is 8.76. The van der Waals surface area contributed by atoms with Gasteiger partial charge in [-0.15, -0.1) is 24.8 Å². The number of rotatable bonds is 1. The summed E-state index contributed by atoms with van der Waals surface area (Å²) in [6, 6.07) is 4.09. The molecule has 16 heavy (non-hydrogen) atoms. The molecule has 0 radical (unpaired) electrons. The van der Waals surface area contributed by atoms with Crippen LogP contribution in [0.2, 0.25) is 0 Å². The van der Waals surface area contributed by atoms with Gasteiger partial charge in [0.25, 0.3) is 0 Å². The quantitative estimate of drug-likeness (QED) is 0.842. The van der Waals surface area contributed by atoms with Crippen molar-refractivity contribution in [2.24, 2.45) is 0 Å². The van der Waals surface area contributed by atoms with Crippen LogP contribution in [0, 0.1) is 11.3 Å². The van der Waals surface area contributed by atoms with E-state index in [2.05, 4.69) is 16.4 Å². The third-order valence-electron chi connectivity index (χ3n) is 2.70. The van der Waals surface area contributed by atoms with Gasteiger partial charge in [0.1, 0.15) is 6.07 Å². The molecule has 88 valence electrons. The molecule has 1 aromatic heterocycles. The first kappa shape index (κ1) is 15.2. The molecule has 5 heteroatoms. The van der Waals surface area contributed by atoms with E-state index >= 15 is 0 Å². The average molecular weight is 260 g/mol. The van der Waals surface area contributed by atoms with Crippen molar-refractivity contribution in [2.75, 3.05) is 13.1 Å². The van der Waals surface area contributed by atoms with Crippen molar-refractivity contribution in [3.05, 3.63) is 29.6 Å². The van der Waals surface area contributed by atoms with Crippen LogP contribution in [0.4, 0.5) is 0 Å². The number of nitrogens with zero attached hydrogens (tertiary/aromatic N) is 2. The fourth-order valence-corrected chi connectivity index (χ4v) is 1.90. The monoisotopic (exact) mass is 259 g/mol. The van der Waals surface area contributed by atoms with E-state index < -0.39 is 0 Å². The maximum Gasteiger partial charge on any atom is 0.101 e. The van der Waals surface area contributed by atoms with E-state index in [1.54, 1.807) is 6.20 Å². The van der Waals surface area contributed by atoms with E-state index in [9.17, 15) is 0 Å². The zero-order valence-electron chi connectivity index (χ0n) is 8.85. The Morgan fingerprint density at radius 2 is 1.94 bits per heavy atom. The minimum Gasteiger partial charge on any atom is -0.317 e. The van der Waals surface area contributed by atoms with Gasteiger partial charge in [-0.25, -0.2) is 0 Å². The maximum absolute atomic E-state index is 8.76. The lowest BCUT2D eigenvalue weighted by Crippen LogP contribution is -2.26. The van der Waals surface area contributed by atoms with Gasteiger partial charge in [0.05, 0.1) is 5.56 Å². The molecule has 1 saturated heterocycles. The van der Waals surface area contributed by atoms with Crippen LogP contribution in [0.25, 0.3) is 0 Å². The van der Waals surface area contributed by atoms with Gasteiger partial charge in [-0.1, -0.05) is 0 Å². The molecule has 0 saturated carbocycles. The third kappa shape index (κ3) is 3.64. The van der Waals surface area contributed by atoms with Crippen molar-refractivity contribution in [3.63, 3.8) is 0 Å². The molecule has 2 heterocycles. The van der Waals surface area contributed by atoms with Crippen LogP contribution < -0.4 is 5.32 Å². The van der Waals surface area contributed by atoms with Crippen LogP contribution in [0.5, 0.6) is 0 Å². The molecule has 3 nitrogen and oxygen atoms in total. The topological polar surface area (TPSA) is 48.7 Å². The highest BCUT2D eigenvalue weighted by molar-refractivity contribution is 5.85. The van der Waals surface area contributed by atoms with Crippen LogP contribution >= 0.6 is 24.8 Å². The van der Waals surface area contributed by atoms with Crippen molar-refractivity contribution >= 4 is 24.8 Å². The molecule has 1 fully saturated rings. The van der Waals surface area contributed by atoms with Gasteiger partial charge in [0.15, 0.2) is 0 Å². The fraction of sp³-hybridized carbons (Fsp3) is 0.455. The lowest BCUT2D eigenvalue weighted by molar-refractivity contribution is 0.459. The number of halogens is 2. The predicted molar refractivity (Wildman–Crippen MR) is 68.3 cm³/mol. The van der Waals surface area contributed by atoms with Gasteiger partial charge in [0, 0.05) is 12.4 Å². The second kappa shape index (κ2) is 7.45. The molecule has 1 aliphatic rings. The highest BCUT2D eigenvalue weighted by Gasteiger charge is 2.15. The van der Waals surface area contributed by atoms with Gasteiger partial charge in [0.2, 0.25) is 0 Å². The first-order valence-electron chi connectivity index (χ1n) is 4.96. The second-order valence-corrected chi connectivity index (χ2v) is 3.64. The molecular formula is C11H15Cl2N3. The summed E-state index contributed by atoms with van der Waals surface area (Å²) in [5.74, 6) is 0.581. The molecular weight excluding hydrogens is 245 g/mol. The Hall–Kier alpha value is -0.820. The molecule has 1 aromatic rings. The van der Waals surface area contributed by atoms with Crippen molar-refractivity contribution in [3.8, 4) is 6.07 Å². The summed E-state index contributed by atoms with van der Waals surface area (Å²) in [5, 5.41) is 12.1. The molecule has 1 aliphatic heterocycles. The normalized spacial score (nSPS) is 15.4. The van der Waals surface area contributed by atoms with Crippen LogP contribution in [0.1, 0.15) is 29.9 Å². The number of piperidine rings is 1. The summed E-state index contributed by atoms with van der Waals surface area (Å²) in [7, 11) is 0. The van der Waals surface area contributed by atoms with E-state index in [4.69, 9.17) is 5.26 Å². The summed E-state index contributed by atoms with van der Waals surface area (Å²) in [6.45, 7) is 2.14. The first-order valence-corrected chi connectivity index (χ1v) is 4.96. The van der Waals surface area contributed by atoms with Crippen molar-refractivity contribution < 1.29 is 0 Å². The standard InChI is InChI=1S/C11H13N3.2ClH/c12-6-9-5-11(8-14-7-9)10-1-3-13-4-2-10;;/h5,7-8,10,13H,1-4H2;2*1H. The van der Waals surface area contributed by atoms with Crippen molar-refractivity contribution in [2.45, 2.75) is 18.8 Å². The molecule has 0 bridgehead atoms. The number of aromatic nitrogens is 1. The fourth-order valence-electron chi connectivity index (χ4n) is 1.90. The lowest BCUT2D eigenvalue weighted by atomic mass is 9.91. The minimum atomic E-state index is 0. The van der Waals surface area contributed by atoms with E-state index in [0.29, 0.717) is 11.5 Å². The highest BCUT2D eigenvalue weighted by Crippen LogP contribution is 2.24. The lowest BCUT2D eigenvalue weighted by Gasteiger charge is -2.22. The Morgan fingerprint density at radius 1 is 1.25 bits per heavy atom. The summed E-state index contributed by atoms with van der Waals surface area (Å²) in [6.07, 6.45) is 5.80. The van der Waals surface area contributed by atoms with Gasteiger partial charge >= 0.3 is 0 Å². The zero-order valence-corrected chi connectivity index (χ0v) is 10.5. The predicted octanol–water partition coefficient (Wildman–Crippen LogP) is 2.26. The summed E-state index contributed by atoms with van der Waals surface area (Å²) in [5.41, 5.74) is 1.88. The number of hydrogen-bond donors (Lipinski definition) is 1. The van der Waals surface area contributed by atoms with Crippen LogP contribution in [-0.2, 0) is 0 Å². The van der Waals surface area contributed by atoms with Crippen LogP contribution in [0.15, 0.2) is 18.5 Å². The van der Waals surface area contributed by atoms with Gasteiger partial charge in [-0.05, 0) is 43.5 Å². The van der Waals surface area contributed by atoms with Crippen molar-refractivity contribution in [1.82, 2.24) is 10.3 Å². The molecule has 0 unspecified atom stereocenters. The smallest absolute Gasteiger partial charge is 0.101 e. The number of nitrogens with one attached hydrogen (secondary N) is 1. The third-order valence-corrected chi connectivity index (χ3v) is 2.70. The van der Waals surface area contributed by atoms with Gasteiger partial charge in [-0.2, -0.15) is 5.26 Å². The Morgan fingerprint density at radius 3 is 2.56 bits per heavy atom. The summed E-state index contributed by atoms with van der Waals surface area (Å²) < 4.78 is 0. The minimum absolute atomic E-state index is 0. The van der Waals surface area contributed by atoms with E-state index in [1.165, 1.54) is 5.56 Å². The SMILES string of the molecule is Cl.Cl.N#Cc1cncc(C2CCNCC2)c1. The Labute approximate surface area is 108 Å². The Bertz CT molecular complexity index is 356. The van der Waals surface area contributed by atoms with Crippen LogP contribution in [0.3, 0.4) is 0 Å². The molecule has 0 spiro atoms. The van der Waals surface area contributed by atoms with E-state index in [-0.39, 0.29) is 24.8 Å². The van der Waals surface area contributed by atoms with Crippen LogP contribution in [-0.4, -0.2) is 18.1 Å². The molecule has 2 rings (SSSR count). The number of hydrogen-bond acceptors (Lipinski definition) is 3. The average Bonchev–Trinajstić information content (AvgIpc) is 2.30. The highest BCUT2D eigenvalue weighted by atomic mass is 35.5. The molecule has 1 N–H and O–H groups in total. The molecule has 0 atom stereocenters.